The fourth-order valence-corrected chi connectivity index (χ4v) is 4.99. The lowest BCUT2D eigenvalue weighted by atomic mass is 9.78. The largest absolute Gasteiger partial charge is 0.342 e. The highest BCUT2D eigenvalue weighted by molar-refractivity contribution is 7.12. The Bertz CT molecular complexity index is 637. The third-order valence-electron chi connectivity index (χ3n) is 5.70. The van der Waals surface area contributed by atoms with Gasteiger partial charge >= 0.3 is 0 Å². The molecule has 5 heteroatoms. The second-order valence-electron chi connectivity index (χ2n) is 7.49. The van der Waals surface area contributed by atoms with Gasteiger partial charge in [-0.1, -0.05) is 0 Å². The van der Waals surface area contributed by atoms with Crippen molar-refractivity contribution in [3.63, 3.8) is 0 Å². The molecule has 124 valence electrons. The fourth-order valence-electron chi connectivity index (χ4n) is 4.10. The second-order valence-corrected chi connectivity index (χ2v) is 8.40. The van der Waals surface area contributed by atoms with Gasteiger partial charge < -0.3 is 9.80 Å². The van der Waals surface area contributed by atoms with Crippen molar-refractivity contribution in [1.82, 2.24) is 9.80 Å². The van der Waals surface area contributed by atoms with E-state index in [0.29, 0.717) is 12.5 Å². The third-order valence-corrected chi connectivity index (χ3v) is 6.70. The first-order valence-corrected chi connectivity index (χ1v) is 9.60. The highest BCUT2D eigenvalue weighted by Gasteiger charge is 2.50. The third kappa shape index (κ3) is 2.69. The van der Waals surface area contributed by atoms with Crippen LogP contribution in [0, 0.1) is 18.3 Å². The van der Waals surface area contributed by atoms with Gasteiger partial charge in [-0.2, -0.15) is 0 Å². The molecule has 0 N–H and O–H groups in total. The number of carbonyl (C=O) groups excluding carboxylic acids is 2. The Balaban J connectivity index is 1.48. The molecule has 1 unspecified atom stereocenters. The quantitative estimate of drug-likeness (QED) is 0.854. The maximum atomic E-state index is 13.0. The van der Waals surface area contributed by atoms with E-state index in [0.717, 1.165) is 55.3 Å². The van der Waals surface area contributed by atoms with E-state index in [-0.39, 0.29) is 11.3 Å². The maximum Gasteiger partial charge on any atom is 0.264 e. The Hall–Kier alpha value is -1.36. The van der Waals surface area contributed by atoms with E-state index in [2.05, 4.69) is 4.90 Å². The molecule has 0 bridgehead atoms. The van der Waals surface area contributed by atoms with Gasteiger partial charge in [-0.05, 0) is 62.0 Å². The smallest absolute Gasteiger partial charge is 0.264 e. The molecule has 1 atom stereocenters. The van der Waals surface area contributed by atoms with Crippen LogP contribution in [0.2, 0.25) is 0 Å². The Morgan fingerprint density at radius 3 is 2.87 bits per heavy atom. The zero-order valence-corrected chi connectivity index (χ0v) is 14.5. The molecule has 3 aliphatic rings. The zero-order valence-electron chi connectivity index (χ0n) is 13.7. The van der Waals surface area contributed by atoms with Crippen LogP contribution in [0.15, 0.2) is 11.4 Å². The van der Waals surface area contributed by atoms with Crippen LogP contribution in [0.4, 0.5) is 0 Å². The van der Waals surface area contributed by atoms with Gasteiger partial charge in [-0.3, -0.25) is 9.59 Å². The van der Waals surface area contributed by atoms with E-state index in [1.54, 1.807) is 0 Å². The molecular weight excluding hydrogens is 308 g/mol. The van der Waals surface area contributed by atoms with Crippen molar-refractivity contribution < 1.29 is 9.59 Å². The summed E-state index contributed by atoms with van der Waals surface area (Å²) in [7, 11) is 0. The molecular formula is C18H24N2O2S. The average molecular weight is 332 g/mol. The van der Waals surface area contributed by atoms with Crippen LogP contribution in [0.3, 0.4) is 0 Å². The molecule has 1 spiro atoms. The van der Waals surface area contributed by atoms with Crippen molar-refractivity contribution in [2.45, 2.75) is 39.0 Å². The molecule has 23 heavy (non-hydrogen) atoms. The minimum Gasteiger partial charge on any atom is -0.342 e. The molecule has 0 radical (unpaired) electrons. The Kier molecular flexibility index (Phi) is 3.71. The Labute approximate surface area is 141 Å². The van der Waals surface area contributed by atoms with E-state index in [1.807, 2.05) is 23.3 Å². The highest BCUT2D eigenvalue weighted by atomic mass is 32.1. The molecule has 4 rings (SSSR count). The Morgan fingerprint density at radius 1 is 1.35 bits per heavy atom. The maximum absolute atomic E-state index is 13.0. The normalized spacial score (nSPS) is 28.0. The van der Waals surface area contributed by atoms with Crippen LogP contribution >= 0.6 is 11.3 Å². The first-order chi connectivity index (χ1) is 11.1. The predicted molar refractivity (Wildman–Crippen MR) is 90.5 cm³/mol. The van der Waals surface area contributed by atoms with Gasteiger partial charge in [0.1, 0.15) is 0 Å². The molecule has 1 aliphatic carbocycles. The monoisotopic (exact) mass is 332 g/mol. The number of thiophene rings is 1. The summed E-state index contributed by atoms with van der Waals surface area (Å²) in [5.41, 5.74) is 0.750. The number of hydrogen-bond acceptors (Lipinski definition) is 3. The summed E-state index contributed by atoms with van der Waals surface area (Å²) in [5.74, 6) is 1.16. The molecule has 2 aliphatic heterocycles. The molecule has 3 fully saturated rings. The van der Waals surface area contributed by atoms with Crippen molar-refractivity contribution in [3.05, 3.63) is 21.9 Å². The van der Waals surface area contributed by atoms with Crippen molar-refractivity contribution in [1.29, 1.82) is 0 Å². The highest BCUT2D eigenvalue weighted by Crippen LogP contribution is 2.42. The summed E-state index contributed by atoms with van der Waals surface area (Å²) in [6.45, 7) is 5.18. The summed E-state index contributed by atoms with van der Waals surface area (Å²) >= 11 is 1.51. The number of hydrogen-bond donors (Lipinski definition) is 0. The molecule has 3 heterocycles. The van der Waals surface area contributed by atoms with Gasteiger partial charge in [-0.25, -0.2) is 0 Å². The van der Waals surface area contributed by atoms with Gasteiger partial charge in [0.2, 0.25) is 5.91 Å². The lowest BCUT2D eigenvalue weighted by molar-refractivity contribution is -0.145. The van der Waals surface area contributed by atoms with Crippen LogP contribution in [0.5, 0.6) is 0 Å². The van der Waals surface area contributed by atoms with E-state index in [4.69, 9.17) is 0 Å². The summed E-state index contributed by atoms with van der Waals surface area (Å²) in [4.78, 5) is 30.6. The lowest BCUT2D eigenvalue weighted by Crippen LogP contribution is -2.50. The summed E-state index contributed by atoms with van der Waals surface area (Å²) in [6, 6.07) is 1.99. The number of carbonyl (C=O) groups is 2. The van der Waals surface area contributed by atoms with Gasteiger partial charge in [0.15, 0.2) is 0 Å². The summed E-state index contributed by atoms with van der Waals surface area (Å²) in [5, 5.41) is 1.97. The molecule has 2 saturated heterocycles. The standard InChI is InChI=1S/C18H24N2O2S/c1-13-5-10-23-15(13)16(21)20-9-7-18(12-20)6-2-8-19(17(18)22)11-14-3-4-14/h5,10,14H,2-4,6-9,11-12H2,1H3. The van der Waals surface area contributed by atoms with Crippen molar-refractivity contribution in [2.24, 2.45) is 11.3 Å². The van der Waals surface area contributed by atoms with Gasteiger partial charge in [-0.15, -0.1) is 11.3 Å². The van der Waals surface area contributed by atoms with Crippen molar-refractivity contribution >= 4 is 23.2 Å². The van der Waals surface area contributed by atoms with Gasteiger partial charge in [0, 0.05) is 26.2 Å². The SMILES string of the molecule is Cc1ccsc1C(=O)N1CCC2(CCCN(CC3CC3)C2=O)C1. The molecule has 1 aromatic heterocycles. The number of likely N-dealkylation sites (tertiary alicyclic amines) is 2. The number of rotatable bonds is 3. The van der Waals surface area contributed by atoms with Crippen LogP contribution in [-0.4, -0.2) is 47.8 Å². The fraction of sp³-hybridized carbons (Fsp3) is 0.667. The van der Waals surface area contributed by atoms with Crippen LogP contribution in [0.25, 0.3) is 0 Å². The summed E-state index contributed by atoms with van der Waals surface area (Å²) < 4.78 is 0. The van der Waals surface area contributed by atoms with E-state index in [1.165, 1.54) is 24.2 Å². The van der Waals surface area contributed by atoms with Crippen LogP contribution in [0.1, 0.15) is 47.3 Å². The first kappa shape index (κ1) is 15.2. The summed E-state index contributed by atoms with van der Waals surface area (Å²) in [6.07, 6.45) is 5.42. The minimum absolute atomic E-state index is 0.112. The number of nitrogens with zero attached hydrogens (tertiary/aromatic N) is 2. The molecule has 1 saturated carbocycles. The number of amides is 2. The predicted octanol–water partition coefficient (Wildman–Crippen LogP) is 2.92. The topological polar surface area (TPSA) is 40.6 Å². The number of aryl methyl sites for hydroxylation is 1. The van der Waals surface area contributed by atoms with Crippen LogP contribution in [-0.2, 0) is 4.79 Å². The van der Waals surface area contributed by atoms with E-state index >= 15 is 0 Å². The average Bonchev–Trinajstić information content (AvgIpc) is 3.08. The first-order valence-electron chi connectivity index (χ1n) is 8.72. The van der Waals surface area contributed by atoms with Crippen LogP contribution < -0.4 is 0 Å². The second kappa shape index (κ2) is 5.62. The lowest BCUT2D eigenvalue weighted by Gasteiger charge is -2.39. The van der Waals surface area contributed by atoms with Gasteiger partial charge in [0.25, 0.3) is 5.91 Å². The van der Waals surface area contributed by atoms with E-state index < -0.39 is 0 Å². The zero-order chi connectivity index (χ0) is 16.0. The number of piperidine rings is 1. The van der Waals surface area contributed by atoms with Crippen molar-refractivity contribution in [3.8, 4) is 0 Å². The molecule has 4 nitrogen and oxygen atoms in total. The molecule has 2 amide bonds. The van der Waals surface area contributed by atoms with Crippen molar-refractivity contribution in [2.75, 3.05) is 26.2 Å². The minimum atomic E-state index is -0.298. The Morgan fingerprint density at radius 2 is 2.17 bits per heavy atom. The molecule has 0 aromatic carbocycles. The van der Waals surface area contributed by atoms with Gasteiger partial charge in [0.05, 0.1) is 10.3 Å². The van der Waals surface area contributed by atoms with E-state index in [9.17, 15) is 9.59 Å². The molecule has 1 aromatic rings.